The fourth-order valence-electron chi connectivity index (χ4n) is 2.98. The predicted molar refractivity (Wildman–Crippen MR) is 83.9 cm³/mol. The molecule has 3 rings (SSSR count). The second kappa shape index (κ2) is 5.11. The monoisotopic (exact) mass is 347 g/mol. The largest absolute Gasteiger partial charge is 0.306 e. The summed E-state index contributed by atoms with van der Waals surface area (Å²) in [5, 5.41) is 0.508. The molecule has 2 aromatic rings. The topological polar surface area (TPSA) is 64.8 Å². The number of fused-ring (bicyclic) bond motifs is 1. The summed E-state index contributed by atoms with van der Waals surface area (Å²) < 4.78 is 25.7. The number of pyridine rings is 1. The van der Waals surface area contributed by atoms with Gasteiger partial charge in [0.15, 0.2) is 15.5 Å². The van der Waals surface area contributed by atoms with Crippen LogP contribution in [-0.2, 0) is 21.8 Å². The molecule has 0 spiro atoms. The van der Waals surface area contributed by atoms with Crippen molar-refractivity contribution in [3.63, 3.8) is 0 Å². The summed E-state index contributed by atoms with van der Waals surface area (Å²) in [6.45, 7) is 1.94. The number of aromatic nitrogens is 3. The summed E-state index contributed by atoms with van der Waals surface area (Å²) in [6.07, 6.45) is 2.67. The van der Waals surface area contributed by atoms with E-state index in [0.29, 0.717) is 34.9 Å². The average molecular weight is 348 g/mol. The zero-order chi connectivity index (χ0) is 15.3. The van der Waals surface area contributed by atoms with E-state index in [9.17, 15) is 8.42 Å². The van der Waals surface area contributed by atoms with Crippen LogP contribution in [0.4, 0.5) is 0 Å². The first kappa shape index (κ1) is 15.1. The number of hydrogen-bond acceptors (Lipinski definition) is 4. The first-order valence-corrected chi connectivity index (χ1v) is 9.38. The van der Waals surface area contributed by atoms with Crippen LogP contribution < -0.4 is 0 Å². The Morgan fingerprint density at radius 3 is 2.86 bits per heavy atom. The van der Waals surface area contributed by atoms with Gasteiger partial charge in [0, 0.05) is 18.5 Å². The molecular formula is C13H15Cl2N3O2S. The van der Waals surface area contributed by atoms with Crippen molar-refractivity contribution in [1.29, 1.82) is 0 Å². The molecule has 1 aliphatic heterocycles. The Kier molecular flexibility index (Phi) is 3.66. The van der Waals surface area contributed by atoms with Gasteiger partial charge in [-0.25, -0.2) is 18.4 Å². The van der Waals surface area contributed by atoms with Gasteiger partial charge in [-0.3, -0.25) is 0 Å². The SMILES string of the molecule is CC1(n2c(CCCl)nc3cc(Cl)cnc32)CCS(=O)(=O)C1. The third-order valence-electron chi connectivity index (χ3n) is 3.87. The minimum Gasteiger partial charge on any atom is -0.306 e. The summed E-state index contributed by atoms with van der Waals surface area (Å²) >= 11 is 11.8. The number of rotatable bonds is 3. The second-order valence-electron chi connectivity index (χ2n) is 5.64. The number of hydrogen-bond donors (Lipinski definition) is 0. The van der Waals surface area contributed by atoms with E-state index >= 15 is 0 Å². The molecule has 0 aliphatic carbocycles. The van der Waals surface area contributed by atoms with Crippen LogP contribution in [0.2, 0.25) is 5.02 Å². The molecular weight excluding hydrogens is 333 g/mol. The minimum atomic E-state index is -3.02. The van der Waals surface area contributed by atoms with Gasteiger partial charge in [-0.1, -0.05) is 11.6 Å². The van der Waals surface area contributed by atoms with Crippen LogP contribution in [0.25, 0.3) is 11.2 Å². The van der Waals surface area contributed by atoms with E-state index in [1.807, 2.05) is 11.5 Å². The van der Waals surface area contributed by atoms with Crippen LogP contribution >= 0.6 is 23.2 Å². The summed E-state index contributed by atoms with van der Waals surface area (Å²) in [4.78, 5) is 8.89. The number of imidazole rings is 1. The van der Waals surface area contributed by atoms with E-state index in [-0.39, 0.29) is 11.5 Å². The van der Waals surface area contributed by atoms with Crippen molar-refractivity contribution < 1.29 is 8.42 Å². The van der Waals surface area contributed by atoms with Gasteiger partial charge >= 0.3 is 0 Å². The highest BCUT2D eigenvalue weighted by Gasteiger charge is 2.42. The van der Waals surface area contributed by atoms with Gasteiger partial charge in [0.1, 0.15) is 11.3 Å². The molecule has 21 heavy (non-hydrogen) atoms. The maximum atomic E-state index is 11.9. The zero-order valence-corrected chi connectivity index (χ0v) is 13.8. The number of aryl methyl sites for hydroxylation is 1. The molecule has 8 heteroatoms. The van der Waals surface area contributed by atoms with E-state index in [2.05, 4.69) is 9.97 Å². The van der Waals surface area contributed by atoms with Crippen molar-refractivity contribution in [3.05, 3.63) is 23.1 Å². The standard InChI is InChI=1S/C13H15Cl2N3O2S/c1-13(3-5-21(19,20)8-13)18-11(2-4-14)17-10-6-9(15)7-16-12(10)18/h6-7H,2-5,8H2,1H3. The molecule has 114 valence electrons. The minimum absolute atomic E-state index is 0.102. The van der Waals surface area contributed by atoms with Crippen LogP contribution in [0, 0.1) is 0 Å². The van der Waals surface area contributed by atoms with E-state index in [0.717, 1.165) is 5.82 Å². The molecule has 0 amide bonds. The van der Waals surface area contributed by atoms with Crippen LogP contribution in [-0.4, -0.2) is 40.3 Å². The molecule has 1 fully saturated rings. The van der Waals surface area contributed by atoms with Crippen molar-refractivity contribution in [2.24, 2.45) is 0 Å². The zero-order valence-electron chi connectivity index (χ0n) is 11.5. The lowest BCUT2D eigenvalue weighted by molar-refractivity contribution is 0.363. The molecule has 1 atom stereocenters. The highest BCUT2D eigenvalue weighted by molar-refractivity contribution is 7.91. The van der Waals surface area contributed by atoms with Crippen LogP contribution in [0.5, 0.6) is 0 Å². The molecule has 0 aromatic carbocycles. The van der Waals surface area contributed by atoms with Gasteiger partial charge in [-0.15, -0.1) is 11.6 Å². The van der Waals surface area contributed by atoms with Gasteiger partial charge in [-0.05, 0) is 19.4 Å². The summed E-state index contributed by atoms with van der Waals surface area (Å²) in [6, 6.07) is 1.74. The fourth-order valence-corrected chi connectivity index (χ4v) is 5.41. The normalized spacial score (nSPS) is 24.7. The third-order valence-corrected chi connectivity index (χ3v) is 6.16. The predicted octanol–water partition coefficient (Wildman–Crippen LogP) is 2.40. The third kappa shape index (κ3) is 2.64. The lowest BCUT2D eigenvalue weighted by Crippen LogP contribution is -2.33. The highest BCUT2D eigenvalue weighted by atomic mass is 35.5. The molecule has 1 aliphatic rings. The van der Waals surface area contributed by atoms with E-state index < -0.39 is 15.4 Å². The summed E-state index contributed by atoms with van der Waals surface area (Å²) in [5.41, 5.74) is 0.808. The molecule has 1 unspecified atom stereocenters. The second-order valence-corrected chi connectivity index (χ2v) is 8.64. The van der Waals surface area contributed by atoms with Crippen molar-refractivity contribution in [3.8, 4) is 0 Å². The van der Waals surface area contributed by atoms with E-state index in [4.69, 9.17) is 23.2 Å². The Bertz CT molecular complexity index is 803. The van der Waals surface area contributed by atoms with E-state index in [1.165, 1.54) is 0 Å². The molecule has 0 N–H and O–H groups in total. The smallest absolute Gasteiger partial charge is 0.160 e. The van der Waals surface area contributed by atoms with Crippen molar-refractivity contribution in [1.82, 2.24) is 14.5 Å². The van der Waals surface area contributed by atoms with E-state index in [1.54, 1.807) is 12.3 Å². The highest BCUT2D eigenvalue weighted by Crippen LogP contribution is 2.35. The van der Waals surface area contributed by atoms with Gasteiger partial charge < -0.3 is 4.57 Å². The Balaban J connectivity index is 2.22. The fraction of sp³-hybridized carbons (Fsp3) is 0.538. The number of alkyl halides is 1. The first-order chi connectivity index (χ1) is 9.85. The Morgan fingerprint density at radius 2 is 2.24 bits per heavy atom. The maximum Gasteiger partial charge on any atom is 0.160 e. The molecule has 0 saturated carbocycles. The molecule has 2 aromatic heterocycles. The van der Waals surface area contributed by atoms with Crippen molar-refractivity contribution in [2.45, 2.75) is 25.3 Å². The molecule has 0 bridgehead atoms. The van der Waals surface area contributed by atoms with Gasteiger partial charge in [-0.2, -0.15) is 0 Å². The quantitative estimate of drug-likeness (QED) is 0.799. The van der Waals surface area contributed by atoms with Crippen LogP contribution in [0.3, 0.4) is 0 Å². The Labute approximate surface area is 133 Å². The lowest BCUT2D eigenvalue weighted by atomic mass is 10.0. The molecule has 5 nitrogen and oxygen atoms in total. The molecule has 0 radical (unpaired) electrons. The maximum absolute atomic E-state index is 11.9. The average Bonchev–Trinajstić information content (AvgIpc) is 2.87. The van der Waals surface area contributed by atoms with Gasteiger partial charge in [0.2, 0.25) is 0 Å². The van der Waals surface area contributed by atoms with Gasteiger partial charge in [0.05, 0.1) is 22.1 Å². The summed E-state index contributed by atoms with van der Waals surface area (Å²) in [7, 11) is -3.02. The Morgan fingerprint density at radius 1 is 1.48 bits per heavy atom. The number of nitrogens with zero attached hydrogens (tertiary/aromatic N) is 3. The van der Waals surface area contributed by atoms with Crippen molar-refractivity contribution in [2.75, 3.05) is 17.4 Å². The molecule has 3 heterocycles. The first-order valence-electron chi connectivity index (χ1n) is 6.64. The Hall–Kier alpha value is -0.850. The number of sulfone groups is 1. The van der Waals surface area contributed by atoms with Gasteiger partial charge in [0.25, 0.3) is 0 Å². The van der Waals surface area contributed by atoms with Crippen LogP contribution in [0.1, 0.15) is 19.2 Å². The summed E-state index contributed by atoms with van der Waals surface area (Å²) in [5.74, 6) is 1.47. The van der Waals surface area contributed by atoms with Crippen molar-refractivity contribution >= 4 is 44.2 Å². The number of halogens is 2. The van der Waals surface area contributed by atoms with Crippen LogP contribution in [0.15, 0.2) is 12.3 Å². The molecule has 1 saturated heterocycles. The lowest BCUT2D eigenvalue weighted by Gasteiger charge is -2.26.